The molecule has 10 nitrogen and oxygen atoms in total. The molecule has 0 saturated carbocycles. The van der Waals surface area contributed by atoms with E-state index in [1.54, 1.807) is 21.7 Å². The number of aromatic amines is 1. The number of aryl methyl sites for hydroxylation is 1. The Balaban J connectivity index is 1.40. The van der Waals surface area contributed by atoms with Gasteiger partial charge in [-0.05, 0) is 40.5 Å². The highest BCUT2D eigenvalue weighted by atomic mass is 16.6. The van der Waals surface area contributed by atoms with Gasteiger partial charge in [-0.1, -0.05) is 35.0 Å². The van der Waals surface area contributed by atoms with E-state index in [1.807, 2.05) is 52.0 Å². The zero-order chi connectivity index (χ0) is 24.7. The molecule has 3 aromatic heterocycles. The molecule has 0 radical (unpaired) electrons. The van der Waals surface area contributed by atoms with Gasteiger partial charge in [0.05, 0.1) is 11.9 Å². The second-order valence-electron chi connectivity index (χ2n) is 9.91. The summed E-state index contributed by atoms with van der Waals surface area (Å²) in [6.07, 6.45) is 2.71. The van der Waals surface area contributed by atoms with Gasteiger partial charge in [-0.25, -0.2) is 9.31 Å². The Morgan fingerprint density at radius 2 is 1.89 bits per heavy atom. The minimum absolute atomic E-state index is 0.0667. The second-order valence-corrected chi connectivity index (χ2v) is 9.91. The average molecular weight is 477 g/mol. The van der Waals surface area contributed by atoms with Gasteiger partial charge in [-0.2, -0.15) is 10.1 Å². The number of nitrogens with zero attached hydrogens (tertiary/aromatic N) is 5. The van der Waals surface area contributed by atoms with Crippen LogP contribution in [0.2, 0.25) is 0 Å². The molecule has 1 aromatic carbocycles. The third kappa shape index (κ3) is 4.68. The van der Waals surface area contributed by atoms with Gasteiger partial charge in [0, 0.05) is 30.6 Å². The van der Waals surface area contributed by atoms with E-state index >= 15 is 0 Å². The first kappa shape index (κ1) is 22.8. The number of aromatic nitrogens is 5. The standard InChI is InChI=1S/C25H28N6O4/c1-15-5-7-17(8-6-15)21-28-23(35-29-21)18-14-26-31-19(13-20(32)27-22(18)31)16-9-11-30(12-10-16)24(33)34-25(2,3)4/h5-8,13-14,16H,9-12H2,1-4H3,(H,27,32). The molecule has 10 heteroatoms. The molecule has 4 aromatic rings. The van der Waals surface area contributed by atoms with E-state index in [-0.39, 0.29) is 23.5 Å². The topological polar surface area (TPSA) is 119 Å². The molecule has 4 heterocycles. The van der Waals surface area contributed by atoms with Crippen LogP contribution < -0.4 is 5.56 Å². The summed E-state index contributed by atoms with van der Waals surface area (Å²) in [6.45, 7) is 8.67. The van der Waals surface area contributed by atoms with E-state index in [0.717, 1.165) is 16.8 Å². The highest BCUT2D eigenvalue weighted by Crippen LogP contribution is 2.31. The quantitative estimate of drug-likeness (QED) is 0.471. The van der Waals surface area contributed by atoms with Crippen molar-refractivity contribution in [2.45, 2.75) is 52.1 Å². The van der Waals surface area contributed by atoms with Crippen molar-refractivity contribution in [3.63, 3.8) is 0 Å². The van der Waals surface area contributed by atoms with E-state index in [1.165, 1.54) is 0 Å². The number of likely N-dealkylation sites (tertiary alicyclic amines) is 1. The Bertz CT molecular complexity index is 1420. The Kier molecular flexibility index (Phi) is 5.66. The number of fused-ring (bicyclic) bond motifs is 1. The van der Waals surface area contributed by atoms with Gasteiger partial charge < -0.3 is 19.1 Å². The average Bonchev–Trinajstić information content (AvgIpc) is 3.45. The third-order valence-corrected chi connectivity index (χ3v) is 6.07. The van der Waals surface area contributed by atoms with Gasteiger partial charge in [-0.3, -0.25) is 4.79 Å². The summed E-state index contributed by atoms with van der Waals surface area (Å²) in [5.74, 6) is 0.813. The van der Waals surface area contributed by atoms with Crippen molar-refractivity contribution < 1.29 is 14.1 Å². The summed E-state index contributed by atoms with van der Waals surface area (Å²) in [4.78, 5) is 34.1. The third-order valence-electron chi connectivity index (χ3n) is 6.07. The van der Waals surface area contributed by atoms with Crippen molar-refractivity contribution in [2.75, 3.05) is 13.1 Å². The predicted octanol–water partition coefficient (Wildman–Crippen LogP) is 4.16. The van der Waals surface area contributed by atoms with Crippen LogP contribution in [0.25, 0.3) is 28.5 Å². The Hall–Kier alpha value is -3.95. The highest BCUT2D eigenvalue weighted by molar-refractivity contribution is 5.72. The molecule has 1 N–H and O–H groups in total. The summed E-state index contributed by atoms with van der Waals surface area (Å²) in [5, 5.41) is 8.62. The number of carbonyl (C=O) groups excluding carboxylic acids is 1. The number of amides is 1. The van der Waals surface area contributed by atoms with E-state index in [4.69, 9.17) is 9.26 Å². The molecule has 0 unspecified atom stereocenters. The lowest BCUT2D eigenvalue weighted by molar-refractivity contribution is 0.0203. The zero-order valence-electron chi connectivity index (χ0n) is 20.2. The van der Waals surface area contributed by atoms with Gasteiger partial charge in [0.2, 0.25) is 5.82 Å². The molecule has 1 aliphatic rings. The van der Waals surface area contributed by atoms with Crippen LogP contribution in [0.3, 0.4) is 0 Å². The number of H-pyrrole nitrogens is 1. The molecular weight excluding hydrogens is 448 g/mol. The number of ether oxygens (including phenoxy) is 1. The number of rotatable bonds is 3. The number of benzene rings is 1. The lowest BCUT2D eigenvalue weighted by atomic mass is 9.93. The normalized spacial score (nSPS) is 15.0. The molecule has 1 aliphatic heterocycles. The van der Waals surface area contributed by atoms with Crippen molar-refractivity contribution >= 4 is 11.7 Å². The van der Waals surface area contributed by atoms with Gasteiger partial charge >= 0.3 is 6.09 Å². The molecule has 35 heavy (non-hydrogen) atoms. The van der Waals surface area contributed by atoms with Crippen molar-refractivity contribution in [3.05, 3.63) is 58.1 Å². The Morgan fingerprint density at radius 1 is 1.17 bits per heavy atom. The maximum atomic E-state index is 12.6. The molecule has 182 valence electrons. The summed E-state index contributed by atoms with van der Waals surface area (Å²) in [6, 6.07) is 9.41. The molecule has 1 saturated heterocycles. The molecule has 1 amide bonds. The van der Waals surface area contributed by atoms with Crippen LogP contribution in [0, 0.1) is 6.92 Å². The molecular formula is C25H28N6O4. The highest BCUT2D eigenvalue weighted by Gasteiger charge is 2.29. The first-order chi connectivity index (χ1) is 16.7. The van der Waals surface area contributed by atoms with Crippen LogP contribution in [0.15, 0.2) is 45.8 Å². The van der Waals surface area contributed by atoms with E-state index < -0.39 is 5.60 Å². The first-order valence-electron chi connectivity index (χ1n) is 11.7. The lowest BCUT2D eigenvalue weighted by Gasteiger charge is -2.33. The maximum Gasteiger partial charge on any atom is 0.410 e. The number of carbonyl (C=O) groups is 1. The van der Waals surface area contributed by atoms with E-state index in [9.17, 15) is 9.59 Å². The summed E-state index contributed by atoms with van der Waals surface area (Å²) < 4.78 is 12.7. The fourth-order valence-electron chi connectivity index (χ4n) is 4.30. The Morgan fingerprint density at radius 3 is 2.57 bits per heavy atom. The lowest BCUT2D eigenvalue weighted by Crippen LogP contribution is -2.41. The Labute approximate surface area is 201 Å². The van der Waals surface area contributed by atoms with Gasteiger partial charge in [-0.15, -0.1) is 0 Å². The fraction of sp³-hybridized carbons (Fsp3) is 0.400. The largest absolute Gasteiger partial charge is 0.444 e. The molecule has 1 fully saturated rings. The minimum Gasteiger partial charge on any atom is -0.444 e. The minimum atomic E-state index is -0.535. The van der Waals surface area contributed by atoms with E-state index in [2.05, 4.69) is 20.2 Å². The SMILES string of the molecule is Cc1ccc(-c2noc(-c3cnn4c(C5CCN(C(=O)OC(C)(C)C)CC5)cc(=O)[nH]c34)n2)cc1. The van der Waals surface area contributed by atoms with E-state index in [0.29, 0.717) is 43.0 Å². The predicted molar refractivity (Wildman–Crippen MR) is 129 cm³/mol. The molecule has 0 aliphatic carbocycles. The number of piperidine rings is 1. The maximum absolute atomic E-state index is 12.6. The molecule has 5 rings (SSSR count). The van der Waals surface area contributed by atoms with Crippen LogP contribution in [-0.4, -0.2) is 54.4 Å². The second kappa shape index (κ2) is 8.68. The van der Waals surface area contributed by atoms with Gasteiger partial charge in [0.15, 0.2) is 0 Å². The monoisotopic (exact) mass is 476 g/mol. The van der Waals surface area contributed by atoms with Gasteiger partial charge in [0.1, 0.15) is 16.8 Å². The smallest absolute Gasteiger partial charge is 0.410 e. The van der Waals surface area contributed by atoms with Crippen molar-refractivity contribution in [1.29, 1.82) is 0 Å². The molecule has 0 atom stereocenters. The van der Waals surface area contributed by atoms with Crippen LogP contribution in [0.5, 0.6) is 0 Å². The van der Waals surface area contributed by atoms with Crippen LogP contribution in [0.4, 0.5) is 4.79 Å². The summed E-state index contributed by atoms with van der Waals surface area (Å²) >= 11 is 0. The van der Waals surface area contributed by atoms with Crippen molar-refractivity contribution in [1.82, 2.24) is 29.6 Å². The molecule has 0 spiro atoms. The van der Waals surface area contributed by atoms with Gasteiger partial charge in [0.25, 0.3) is 11.4 Å². The number of nitrogens with one attached hydrogen (secondary N) is 1. The first-order valence-corrected chi connectivity index (χ1v) is 11.7. The van der Waals surface area contributed by atoms with Crippen LogP contribution in [-0.2, 0) is 4.74 Å². The fourth-order valence-corrected chi connectivity index (χ4v) is 4.30. The van der Waals surface area contributed by atoms with Crippen LogP contribution in [0.1, 0.15) is 50.8 Å². The zero-order valence-corrected chi connectivity index (χ0v) is 20.2. The molecule has 0 bridgehead atoms. The number of hydrogen-bond acceptors (Lipinski definition) is 7. The number of hydrogen-bond donors (Lipinski definition) is 1. The summed E-state index contributed by atoms with van der Waals surface area (Å²) in [5.41, 5.74) is 3.06. The van der Waals surface area contributed by atoms with Crippen molar-refractivity contribution in [3.8, 4) is 22.8 Å². The van der Waals surface area contributed by atoms with Crippen LogP contribution >= 0.6 is 0 Å². The summed E-state index contributed by atoms with van der Waals surface area (Å²) in [7, 11) is 0. The van der Waals surface area contributed by atoms with Crippen molar-refractivity contribution in [2.24, 2.45) is 0 Å².